The monoisotopic (exact) mass is 304 g/mol. The molecular weight excluding hydrogens is 291 g/mol. The van der Waals surface area contributed by atoms with Gasteiger partial charge >= 0.3 is 0 Å². The quantitative estimate of drug-likeness (QED) is 0.817. The summed E-state index contributed by atoms with van der Waals surface area (Å²) in [5.74, 6) is -0.957. The maximum absolute atomic E-state index is 13.9. The van der Waals surface area contributed by atoms with Crippen LogP contribution in [0.4, 0.5) is 15.8 Å². The fourth-order valence-corrected chi connectivity index (χ4v) is 2.78. The van der Waals surface area contributed by atoms with Crippen LogP contribution in [0, 0.1) is 5.82 Å². The molecule has 3 nitrogen and oxygen atoms in total. The molecule has 1 aliphatic rings. The molecule has 1 aliphatic heterocycles. The first-order valence-electron chi connectivity index (χ1n) is 6.71. The van der Waals surface area contributed by atoms with Gasteiger partial charge in [0.25, 0.3) is 5.91 Å². The number of rotatable bonds is 1. The van der Waals surface area contributed by atoms with E-state index in [2.05, 4.69) is 0 Å². The second-order valence-electron chi connectivity index (χ2n) is 5.07. The Labute approximate surface area is 127 Å². The van der Waals surface area contributed by atoms with Gasteiger partial charge in [-0.3, -0.25) is 4.79 Å². The minimum absolute atomic E-state index is 0.0159. The van der Waals surface area contributed by atoms with Crippen LogP contribution >= 0.6 is 11.6 Å². The van der Waals surface area contributed by atoms with E-state index < -0.39 is 5.82 Å². The Morgan fingerprint density at radius 1 is 1.24 bits per heavy atom. The molecule has 0 aliphatic carbocycles. The zero-order chi connectivity index (χ0) is 15.0. The molecule has 21 heavy (non-hydrogen) atoms. The lowest BCUT2D eigenvalue weighted by atomic mass is 10.00. The largest absolute Gasteiger partial charge is 0.399 e. The minimum atomic E-state index is -0.569. The Bertz CT molecular complexity index is 717. The first-order chi connectivity index (χ1) is 10.1. The number of hydrogen-bond acceptors (Lipinski definition) is 2. The van der Waals surface area contributed by atoms with E-state index in [1.807, 2.05) is 12.1 Å². The number of hydrogen-bond donors (Lipinski definition) is 1. The van der Waals surface area contributed by atoms with Crippen LogP contribution in [0.1, 0.15) is 22.3 Å². The first-order valence-corrected chi connectivity index (χ1v) is 7.09. The molecule has 108 valence electrons. The summed E-state index contributed by atoms with van der Waals surface area (Å²) in [5, 5.41) is 0.338. The average molecular weight is 305 g/mol. The molecule has 0 fully saturated rings. The van der Waals surface area contributed by atoms with E-state index in [4.69, 9.17) is 17.3 Å². The normalized spacial score (nSPS) is 13.9. The van der Waals surface area contributed by atoms with Crippen LogP contribution in [0.5, 0.6) is 0 Å². The highest BCUT2D eigenvalue weighted by Gasteiger charge is 2.25. The van der Waals surface area contributed by atoms with Crippen molar-refractivity contribution in [3.8, 4) is 0 Å². The number of anilines is 2. The van der Waals surface area contributed by atoms with Crippen molar-refractivity contribution in [2.45, 2.75) is 12.8 Å². The number of amides is 1. The van der Waals surface area contributed by atoms with Crippen LogP contribution in [0.3, 0.4) is 0 Å². The van der Waals surface area contributed by atoms with Crippen molar-refractivity contribution in [2.75, 3.05) is 17.2 Å². The molecule has 0 saturated carbocycles. The second-order valence-corrected chi connectivity index (χ2v) is 5.51. The third-order valence-electron chi connectivity index (χ3n) is 3.63. The summed E-state index contributed by atoms with van der Waals surface area (Å²) in [6, 6.07) is 9.48. The number of fused-ring (bicyclic) bond motifs is 1. The van der Waals surface area contributed by atoms with Crippen LogP contribution in [0.25, 0.3) is 0 Å². The van der Waals surface area contributed by atoms with Gasteiger partial charge in [0.05, 0.1) is 5.56 Å². The molecule has 1 amide bonds. The smallest absolute Gasteiger partial charge is 0.261 e. The van der Waals surface area contributed by atoms with Gasteiger partial charge in [0.1, 0.15) is 5.82 Å². The van der Waals surface area contributed by atoms with E-state index in [0.29, 0.717) is 17.3 Å². The van der Waals surface area contributed by atoms with Gasteiger partial charge in [-0.2, -0.15) is 0 Å². The van der Waals surface area contributed by atoms with Crippen LogP contribution in [-0.2, 0) is 6.42 Å². The van der Waals surface area contributed by atoms with E-state index in [-0.39, 0.29) is 11.5 Å². The molecule has 0 bridgehead atoms. The summed E-state index contributed by atoms with van der Waals surface area (Å²) in [7, 11) is 0. The van der Waals surface area contributed by atoms with Crippen molar-refractivity contribution < 1.29 is 9.18 Å². The van der Waals surface area contributed by atoms with Crippen molar-refractivity contribution >= 4 is 28.9 Å². The molecule has 2 N–H and O–H groups in total. The molecule has 2 aromatic rings. The molecule has 0 atom stereocenters. The fraction of sp³-hybridized carbons (Fsp3) is 0.188. The van der Waals surface area contributed by atoms with Crippen molar-refractivity contribution in [2.24, 2.45) is 0 Å². The number of nitrogens with two attached hydrogens (primary N) is 1. The van der Waals surface area contributed by atoms with Gasteiger partial charge in [-0.25, -0.2) is 4.39 Å². The highest BCUT2D eigenvalue weighted by Crippen LogP contribution is 2.31. The number of aryl methyl sites for hydroxylation is 1. The number of nitrogens with zero attached hydrogens (tertiary/aromatic N) is 1. The molecule has 0 radical (unpaired) electrons. The van der Waals surface area contributed by atoms with Crippen LogP contribution in [-0.4, -0.2) is 12.5 Å². The molecule has 0 spiro atoms. The van der Waals surface area contributed by atoms with Gasteiger partial charge in [-0.1, -0.05) is 17.7 Å². The van der Waals surface area contributed by atoms with E-state index in [1.54, 1.807) is 11.0 Å². The number of halogens is 2. The molecule has 2 aromatic carbocycles. The van der Waals surface area contributed by atoms with E-state index in [0.717, 1.165) is 24.1 Å². The summed E-state index contributed by atoms with van der Waals surface area (Å²) < 4.78 is 13.9. The predicted molar refractivity (Wildman–Crippen MR) is 82.3 cm³/mol. The van der Waals surface area contributed by atoms with Crippen molar-refractivity contribution in [1.29, 1.82) is 0 Å². The fourth-order valence-electron chi connectivity index (χ4n) is 2.61. The molecule has 1 heterocycles. The van der Waals surface area contributed by atoms with Crippen LogP contribution < -0.4 is 10.6 Å². The molecule has 0 unspecified atom stereocenters. The van der Waals surface area contributed by atoms with E-state index in [9.17, 15) is 9.18 Å². The third kappa shape index (κ3) is 2.59. The van der Waals surface area contributed by atoms with Gasteiger partial charge < -0.3 is 10.6 Å². The SMILES string of the molecule is Nc1ccc2c(c1)N(C(=O)c1cc(Cl)ccc1F)CCC2. The minimum Gasteiger partial charge on any atom is -0.399 e. The molecule has 0 saturated heterocycles. The molecule has 5 heteroatoms. The lowest BCUT2D eigenvalue weighted by Crippen LogP contribution is -2.36. The average Bonchev–Trinajstić information content (AvgIpc) is 2.48. The Hall–Kier alpha value is -2.07. The third-order valence-corrected chi connectivity index (χ3v) is 3.87. The van der Waals surface area contributed by atoms with Gasteiger partial charge in [0.2, 0.25) is 0 Å². The number of benzene rings is 2. The number of carbonyl (C=O) groups is 1. The van der Waals surface area contributed by atoms with Gasteiger partial charge in [-0.05, 0) is 48.7 Å². The highest BCUT2D eigenvalue weighted by molar-refractivity contribution is 6.31. The lowest BCUT2D eigenvalue weighted by Gasteiger charge is -2.30. The summed E-state index contributed by atoms with van der Waals surface area (Å²) in [4.78, 5) is 14.2. The Kier molecular flexibility index (Phi) is 3.55. The summed E-state index contributed by atoms with van der Waals surface area (Å²) in [5.41, 5.74) is 8.17. The van der Waals surface area contributed by atoms with E-state index >= 15 is 0 Å². The van der Waals surface area contributed by atoms with Crippen LogP contribution in [0.2, 0.25) is 5.02 Å². The zero-order valence-corrected chi connectivity index (χ0v) is 12.0. The Balaban J connectivity index is 2.04. The van der Waals surface area contributed by atoms with Crippen molar-refractivity contribution in [3.05, 3.63) is 58.4 Å². The number of nitrogen functional groups attached to an aromatic ring is 1. The lowest BCUT2D eigenvalue weighted by molar-refractivity contribution is 0.0981. The Morgan fingerprint density at radius 3 is 2.86 bits per heavy atom. The van der Waals surface area contributed by atoms with Gasteiger partial charge in [0.15, 0.2) is 0 Å². The van der Waals surface area contributed by atoms with Gasteiger partial charge in [0, 0.05) is 22.9 Å². The topological polar surface area (TPSA) is 46.3 Å². The van der Waals surface area contributed by atoms with E-state index in [1.165, 1.54) is 18.2 Å². The van der Waals surface area contributed by atoms with Crippen molar-refractivity contribution in [3.63, 3.8) is 0 Å². The first kappa shape index (κ1) is 13.9. The standard InChI is InChI=1S/C16H14ClFN2O/c17-11-4-6-14(18)13(8-11)16(21)20-7-1-2-10-3-5-12(19)9-15(10)20/h3-6,8-9H,1-2,7,19H2. The van der Waals surface area contributed by atoms with Crippen molar-refractivity contribution in [1.82, 2.24) is 0 Å². The predicted octanol–water partition coefficient (Wildman–Crippen LogP) is 3.65. The maximum atomic E-state index is 13.9. The zero-order valence-electron chi connectivity index (χ0n) is 11.3. The Morgan fingerprint density at radius 2 is 2.05 bits per heavy atom. The molecular formula is C16H14ClFN2O. The highest BCUT2D eigenvalue weighted by atomic mass is 35.5. The summed E-state index contributed by atoms with van der Waals surface area (Å²) in [6.07, 6.45) is 1.72. The summed E-state index contributed by atoms with van der Waals surface area (Å²) >= 11 is 5.87. The second kappa shape index (κ2) is 5.37. The molecule has 3 rings (SSSR count). The maximum Gasteiger partial charge on any atom is 0.261 e. The molecule has 0 aromatic heterocycles. The summed E-state index contributed by atoms with van der Waals surface area (Å²) in [6.45, 7) is 0.543. The van der Waals surface area contributed by atoms with Crippen LogP contribution in [0.15, 0.2) is 36.4 Å². The van der Waals surface area contributed by atoms with Gasteiger partial charge in [-0.15, -0.1) is 0 Å². The number of carbonyl (C=O) groups excluding carboxylic acids is 1.